The number of ether oxygens (including phenoxy) is 2. The van der Waals surface area contributed by atoms with Crippen LogP contribution in [0.4, 0.5) is 11.5 Å². The van der Waals surface area contributed by atoms with Crippen LogP contribution in [0.5, 0.6) is 11.5 Å². The summed E-state index contributed by atoms with van der Waals surface area (Å²) in [6.45, 7) is 4.71. The number of carbonyl (C=O) groups is 1. The summed E-state index contributed by atoms with van der Waals surface area (Å²) in [6, 6.07) is 9.57. The summed E-state index contributed by atoms with van der Waals surface area (Å²) in [4.78, 5) is 23.0. The number of aromatic nitrogens is 1. The summed E-state index contributed by atoms with van der Waals surface area (Å²) in [5.74, 6) is 2.60. The second-order valence-corrected chi connectivity index (χ2v) is 7.54. The van der Waals surface area contributed by atoms with E-state index in [2.05, 4.69) is 20.5 Å². The molecule has 1 aliphatic rings. The van der Waals surface area contributed by atoms with E-state index in [1.807, 2.05) is 37.3 Å². The van der Waals surface area contributed by atoms with Gasteiger partial charge in [-0.05, 0) is 38.0 Å². The Labute approximate surface area is 189 Å². The van der Waals surface area contributed by atoms with Gasteiger partial charge in [-0.3, -0.25) is 4.79 Å². The van der Waals surface area contributed by atoms with Gasteiger partial charge in [-0.15, -0.1) is 0 Å². The summed E-state index contributed by atoms with van der Waals surface area (Å²) in [7, 11) is 3.22. The zero-order valence-electron chi connectivity index (χ0n) is 18.9. The van der Waals surface area contributed by atoms with Gasteiger partial charge in [0, 0.05) is 49.1 Å². The fourth-order valence-electron chi connectivity index (χ4n) is 3.74. The molecule has 1 aromatic heterocycles. The maximum absolute atomic E-state index is 11.5. The van der Waals surface area contributed by atoms with E-state index in [0.29, 0.717) is 24.0 Å². The fraction of sp³-hybridized carbons (Fsp3) is 0.435. The molecule has 172 valence electrons. The first kappa shape index (κ1) is 23.2. The zero-order chi connectivity index (χ0) is 22.9. The van der Waals surface area contributed by atoms with Crippen molar-refractivity contribution < 1.29 is 14.3 Å². The molecule has 1 aliphatic heterocycles. The van der Waals surface area contributed by atoms with Crippen molar-refractivity contribution in [2.75, 3.05) is 44.1 Å². The van der Waals surface area contributed by atoms with Gasteiger partial charge in [0.2, 0.25) is 5.91 Å². The van der Waals surface area contributed by atoms with E-state index >= 15 is 0 Å². The van der Waals surface area contributed by atoms with Crippen LogP contribution in [0, 0.1) is 5.92 Å². The third kappa shape index (κ3) is 5.81. The highest BCUT2D eigenvalue weighted by Gasteiger charge is 2.24. The predicted molar refractivity (Wildman–Crippen MR) is 126 cm³/mol. The van der Waals surface area contributed by atoms with Gasteiger partial charge in [-0.25, -0.2) is 9.98 Å². The molecule has 0 unspecified atom stereocenters. The van der Waals surface area contributed by atoms with E-state index in [1.165, 1.54) is 0 Å². The largest absolute Gasteiger partial charge is 0.493 e. The first-order valence-electron chi connectivity index (χ1n) is 10.8. The van der Waals surface area contributed by atoms with Crippen molar-refractivity contribution in [2.45, 2.75) is 26.3 Å². The fourth-order valence-corrected chi connectivity index (χ4v) is 3.74. The molecule has 0 radical (unpaired) electrons. The number of carbonyl (C=O) groups excluding carboxylic acids is 1. The van der Waals surface area contributed by atoms with E-state index < -0.39 is 0 Å². The third-order valence-corrected chi connectivity index (χ3v) is 5.46. The van der Waals surface area contributed by atoms with Crippen molar-refractivity contribution in [1.82, 2.24) is 10.3 Å². The van der Waals surface area contributed by atoms with Crippen molar-refractivity contribution >= 4 is 23.4 Å². The van der Waals surface area contributed by atoms with Crippen molar-refractivity contribution in [3.63, 3.8) is 0 Å². The molecule has 1 saturated heterocycles. The maximum Gasteiger partial charge on any atom is 0.220 e. The van der Waals surface area contributed by atoms with Crippen LogP contribution >= 0.6 is 0 Å². The number of hydrogen-bond acceptors (Lipinski definition) is 6. The molecule has 0 saturated carbocycles. The van der Waals surface area contributed by atoms with E-state index in [1.54, 1.807) is 20.4 Å². The van der Waals surface area contributed by atoms with Crippen molar-refractivity contribution in [1.29, 1.82) is 0 Å². The molecule has 0 spiro atoms. The molecule has 9 nitrogen and oxygen atoms in total. The minimum absolute atomic E-state index is 0.0533. The van der Waals surface area contributed by atoms with E-state index in [9.17, 15) is 4.79 Å². The Morgan fingerprint density at radius 1 is 1.22 bits per heavy atom. The van der Waals surface area contributed by atoms with Crippen LogP contribution in [0.1, 0.15) is 25.3 Å². The van der Waals surface area contributed by atoms with Crippen LogP contribution in [0.25, 0.3) is 0 Å². The van der Waals surface area contributed by atoms with Gasteiger partial charge in [0.05, 0.1) is 20.8 Å². The van der Waals surface area contributed by atoms with Crippen LogP contribution in [0.2, 0.25) is 0 Å². The number of methoxy groups -OCH3 is 2. The smallest absolute Gasteiger partial charge is 0.220 e. The van der Waals surface area contributed by atoms with E-state index in [4.69, 9.17) is 20.2 Å². The molecule has 1 amide bonds. The molecule has 1 fully saturated rings. The molecule has 3 rings (SSSR count). The van der Waals surface area contributed by atoms with Gasteiger partial charge >= 0.3 is 0 Å². The average Bonchev–Trinajstić information content (AvgIpc) is 2.82. The number of benzene rings is 1. The van der Waals surface area contributed by atoms with Gasteiger partial charge in [-0.2, -0.15) is 0 Å². The van der Waals surface area contributed by atoms with Crippen LogP contribution in [0.3, 0.4) is 0 Å². The average molecular weight is 441 g/mol. The van der Waals surface area contributed by atoms with Crippen molar-refractivity contribution in [3.05, 3.63) is 42.1 Å². The molecule has 0 bridgehead atoms. The Hall–Kier alpha value is -3.49. The van der Waals surface area contributed by atoms with Crippen LogP contribution in [0.15, 0.2) is 41.5 Å². The van der Waals surface area contributed by atoms with Gasteiger partial charge < -0.3 is 30.7 Å². The number of anilines is 2. The molecular formula is C23H32N6O3. The second-order valence-electron chi connectivity index (χ2n) is 7.54. The maximum atomic E-state index is 11.5. The van der Waals surface area contributed by atoms with E-state index in [0.717, 1.165) is 49.5 Å². The lowest BCUT2D eigenvalue weighted by atomic mass is 9.96. The Balaban J connectivity index is 1.74. The summed E-state index contributed by atoms with van der Waals surface area (Å²) >= 11 is 0. The second kappa shape index (κ2) is 11.2. The highest BCUT2D eigenvalue weighted by atomic mass is 16.5. The number of primary amides is 1. The number of guanidine groups is 1. The number of aliphatic imine (C=N–C) groups is 1. The third-order valence-electron chi connectivity index (χ3n) is 5.46. The summed E-state index contributed by atoms with van der Waals surface area (Å²) in [6.07, 6.45) is 3.28. The van der Waals surface area contributed by atoms with Crippen LogP contribution < -0.4 is 30.7 Å². The number of piperidine rings is 1. The molecular weight excluding hydrogens is 408 g/mol. The monoisotopic (exact) mass is 440 g/mol. The molecule has 4 N–H and O–H groups in total. The molecule has 1 aromatic carbocycles. The number of amides is 1. The Morgan fingerprint density at radius 3 is 2.62 bits per heavy atom. The van der Waals surface area contributed by atoms with Gasteiger partial charge in [0.25, 0.3) is 0 Å². The molecule has 0 aliphatic carbocycles. The topological polar surface area (TPSA) is 114 Å². The number of hydrogen-bond donors (Lipinski definition) is 3. The summed E-state index contributed by atoms with van der Waals surface area (Å²) in [5.41, 5.74) is 7.33. The first-order valence-corrected chi connectivity index (χ1v) is 10.8. The number of nitrogens with two attached hydrogens (primary N) is 1. The summed E-state index contributed by atoms with van der Waals surface area (Å²) < 4.78 is 10.7. The molecule has 32 heavy (non-hydrogen) atoms. The number of nitrogens with zero attached hydrogens (tertiary/aromatic N) is 3. The van der Waals surface area contributed by atoms with Crippen LogP contribution in [-0.2, 0) is 11.3 Å². The SMILES string of the molecule is CCNC(=NCc1cccnc1N1CCC(C(N)=O)CC1)Nc1ccc(OC)c(OC)c1. The Bertz CT molecular complexity index is 941. The van der Waals surface area contributed by atoms with E-state index in [-0.39, 0.29) is 11.8 Å². The minimum atomic E-state index is -0.216. The van der Waals surface area contributed by atoms with Crippen LogP contribution in [-0.4, -0.2) is 50.7 Å². The number of pyridine rings is 1. The number of nitrogens with one attached hydrogen (secondary N) is 2. The van der Waals surface area contributed by atoms with Gasteiger partial charge in [0.15, 0.2) is 17.5 Å². The zero-order valence-corrected chi connectivity index (χ0v) is 18.9. The quantitative estimate of drug-likeness (QED) is 0.426. The molecule has 2 aromatic rings. The predicted octanol–water partition coefficient (Wildman–Crippen LogP) is 2.38. The number of rotatable bonds is 8. The lowest BCUT2D eigenvalue weighted by Gasteiger charge is -2.32. The first-order chi connectivity index (χ1) is 15.5. The Kier molecular flexibility index (Phi) is 8.13. The Morgan fingerprint density at radius 2 is 1.97 bits per heavy atom. The molecule has 9 heteroatoms. The normalized spacial score (nSPS) is 14.7. The lowest BCUT2D eigenvalue weighted by molar-refractivity contribution is -0.122. The summed E-state index contributed by atoms with van der Waals surface area (Å²) in [5, 5.41) is 6.58. The standard InChI is InChI=1S/C23H32N6O3/c1-4-25-23(28-18-7-8-19(31-2)20(14-18)32-3)27-15-17-6-5-11-26-22(17)29-12-9-16(10-13-29)21(24)30/h5-8,11,14,16H,4,9-10,12-13,15H2,1-3H3,(H2,24,30)(H2,25,27,28). The highest BCUT2D eigenvalue weighted by Crippen LogP contribution is 2.30. The van der Waals surface area contributed by atoms with Gasteiger partial charge in [-0.1, -0.05) is 6.07 Å². The van der Waals surface area contributed by atoms with Crippen molar-refractivity contribution in [3.8, 4) is 11.5 Å². The van der Waals surface area contributed by atoms with Crippen molar-refractivity contribution in [2.24, 2.45) is 16.6 Å². The lowest BCUT2D eigenvalue weighted by Crippen LogP contribution is -2.39. The highest BCUT2D eigenvalue weighted by molar-refractivity contribution is 5.94. The molecule has 2 heterocycles. The van der Waals surface area contributed by atoms with Gasteiger partial charge in [0.1, 0.15) is 5.82 Å². The molecule has 0 atom stereocenters. The minimum Gasteiger partial charge on any atom is -0.493 e.